The van der Waals surface area contributed by atoms with Crippen molar-refractivity contribution >= 4 is 11.5 Å². The van der Waals surface area contributed by atoms with Crippen molar-refractivity contribution in [3.63, 3.8) is 0 Å². The molecule has 1 heterocycles. The predicted molar refractivity (Wildman–Crippen MR) is 77.1 cm³/mol. The van der Waals surface area contributed by atoms with Crippen LogP contribution in [0.4, 0.5) is 11.5 Å². The lowest BCUT2D eigenvalue weighted by atomic mass is 10.1. The molecule has 0 radical (unpaired) electrons. The topological polar surface area (TPSA) is 28.2 Å². The van der Waals surface area contributed by atoms with E-state index in [0.29, 0.717) is 0 Å². The molecule has 3 nitrogen and oxygen atoms in total. The Morgan fingerprint density at radius 2 is 1.78 bits per heavy atom. The molecule has 0 bridgehead atoms. The highest BCUT2D eigenvalue weighted by molar-refractivity contribution is 5.48. The molecular weight excluding hydrogens is 222 g/mol. The molecule has 0 aliphatic rings. The second kappa shape index (κ2) is 5.54. The van der Waals surface area contributed by atoms with Crippen molar-refractivity contribution in [1.82, 2.24) is 4.98 Å². The third-order valence-electron chi connectivity index (χ3n) is 2.82. The van der Waals surface area contributed by atoms with Crippen molar-refractivity contribution in [2.45, 2.75) is 13.5 Å². The third kappa shape index (κ3) is 3.23. The molecule has 0 spiro atoms. The minimum atomic E-state index is 0.823. The van der Waals surface area contributed by atoms with Gasteiger partial charge in [0.1, 0.15) is 5.82 Å². The number of nitrogens with zero attached hydrogens (tertiary/aromatic N) is 2. The summed E-state index contributed by atoms with van der Waals surface area (Å²) in [5.41, 5.74) is 3.61. The van der Waals surface area contributed by atoms with Crippen LogP contribution in [0.3, 0.4) is 0 Å². The van der Waals surface area contributed by atoms with Gasteiger partial charge in [0.2, 0.25) is 0 Å². The summed E-state index contributed by atoms with van der Waals surface area (Å²) in [5.74, 6) is 0.968. The molecule has 2 rings (SSSR count). The second-order valence-corrected chi connectivity index (χ2v) is 4.64. The van der Waals surface area contributed by atoms with Crippen LogP contribution in [-0.2, 0) is 6.54 Å². The number of pyridine rings is 1. The quantitative estimate of drug-likeness (QED) is 0.891. The largest absolute Gasteiger partial charge is 0.380 e. The molecule has 0 fully saturated rings. The zero-order valence-electron chi connectivity index (χ0n) is 11.1. The van der Waals surface area contributed by atoms with Gasteiger partial charge in [-0.25, -0.2) is 4.98 Å². The lowest BCUT2D eigenvalue weighted by Crippen LogP contribution is -2.10. The van der Waals surface area contributed by atoms with E-state index in [9.17, 15) is 0 Å². The standard InChI is InChI=1S/C15H19N3/c1-12-4-6-13(7-5-12)10-16-14-8-9-15(17-11-14)18(2)3/h4-9,11,16H,10H2,1-3H3. The SMILES string of the molecule is Cc1ccc(CNc2ccc(N(C)C)nc2)cc1. The molecule has 18 heavy (non-hydrogen) atoms. The predicted octanol–water partition coefficient (Wildman–Crippen LogP) is 3.07. The highest BCUT2D eigenvalue weighted by Crippen LogP contribution is 2.13. The van der Waals surface area contributed by atoms with E-state index >= 15 is 0 Å². The Labute approximate surface area is 108 Å². The van der Waals surface area contributed by atoms with Crippen molar-refractivity contribution < 1.29 is 0 Å². The Morgan fingerprint density at radius 3 is 2.33 bits per heavy atom. The molecule has 1 aromatic carbocycles. The van der Waals surface area contributed by atoms with Crippen LogP contribution in [0.5, 0.6) is 0 Å². The number of benzene rings is 1. The van der Waals surface area contributed by atoms with Crippen molar-refractivity contribution in [3.05, 3.63) is 53.7 Å². The fourth-order valence-corrected chi connectivity index (χ4v) is 1.67. The zero-order valence-corrected chi connectivity index (χ0v) is 11.1. The van der Waals surface area contributed by atoms with Crippen LogP contribution in [0, 0.1) is 6.92 Å². The minimum absolute atomic E-state index is 0.823. The summed E-state index contributed by atoms with van der Waals surface area (Å²) in [5, 5.41) is 3.37. The minimum Gasteiger partial charge on any atom is -0.380 e. The summed E-state index contributed by atoms with van der Waals surface area (Å²) in [7, 11) is 3.98. The van der Waals surface area contributed by atoms with Crippen LogP contribution in [0.1, 0.15) is 11.1 Å². The normalized spacial score (nSPS) is 10.2. The van der Waals surface area contributed by atoms with Crippen molar-refractivity contribution in [1.29, 1.82) is 0 Å². The van der Waals surface area contributed by atoms with Gasteiger partial charge in [0, 0.05) is 20.6 Å². The molecule has 0 amide bonds. The first kappa shape index (κ1) is 12.4. The van der Waals surface area contributed by atoms with E-state index in [2.05, 4.69) is 47.6 Å². The molecule has 0 aliphatic heterocycles. The third-order valence-corrected chi connectivity index (χ3v) is 2.82. The number of anilines is 2. The van der Waals surface area contributed by atoms with Gasteiger partial charge in [-0.05, 0) is 24.6 Å². The Morgan fingerprint density at radius 1 is 1.06 bits per heavy atom. The number of hydrogen-bond donors (Lipinski definition) is 1. The fourth-order valence-electron chi connectivity index (χ4n) is 1.67. The van der Waals surface area contributed by atoms with Crippen LogP contribution >= 0.6 is 0 Å². The average Bonchev–Trinajstić information content (AvgIpc) is 2.38. The summed E-state index contributed by atoms with van der Waals surface area (Å²) in [6.45, 7) is 2.92. The van der Waals surface area contributed by atoms with Gasteiger partial charge >= 0.3 is 0 Å². The Hall–Kier alpha value is -2.03. The van der Waals surface area contributed by atoms with Crippen molar-refractivity contribution in [2.24, 2.45) is 0 Å². The van der Waals surface area contributed by atoms with Gasteiger partial charge in [-0.3, -0.25) is 0 Å². The van der Waals surface area contributed by atoms with Crippen LogP contribution < -0.4 is 10.2 Å². The highest BCUT2D eigenvalue weighted by Gasteiger charge is 1.97. The van der Waals surface area contributed by atoms with Gasteiger partial charge in [0.15, 0.2) is 0 Å². The van der Waals surface area contributed by atoms with Gasteiger partial charge < -0.3 is 10.2 Å². The maximum absolute atomic E-state index is 4.37. The molecule has 94 valence electrons. The maximum atomic E-state index is 4.37. The molecule has 0 aliphatic carbocycles. The first-order valence-electron chi connectivity index (χ1n) is 6.08. The van der Waals surface area contributed by atoms with Crippen molar-refractivity contribution in [2.75, 3.05) is 24.3 Å². The molecule has 1 aromatic heterocycles. The number of aromatic nitrogens is 1. The monoisotopic (exact) mass is 241 g/mol. The van der Waals surface area contributed by atoms with E-state index in [4.69, 9.17) is 0 Å². The number of rotatable bonds is 4. The van der Waals surface area contributed by atoms with Crippen molar-refractivity contribution in [3.8, 4) is 0 Å². The van der Waals surface area contributed by atoms with Crippen LogP contribution in [0.2, 0.25) is 0 Å². The van der Waals surface area contributed by atoms with E-state index in [1.165, 1.54) is 11.1 Å². The number of aryl methyl sites for hydroxylation is 1. The molecule has 2 aromatic rings. The van der Waals surface area contributed by atoms with Gasteiger partial charge in [-0.2, -0.15) is 0 Å². The van der Waals surface area contributed by atoms with E-state index < -0.39 is 0 Å². The summed E-state index contributed by atoms with van der Waals surface area (Å²) in [6, 6.07) is 12.6. The molecule has 0 saturated heterocycles. The smallest absolute Gasteiger partial charge is 0.128 e. The van der Waals surface area contributed by atoms with Gasteiger partial charge in [0.25, 0.3) is 0 Å². The first-order valence-corrected chi connectivity index (χ1v) is 6.08. The molecule has 3 heteroatoms. The lowest BCUT2D eigenvalue weighted by Gasteiger charge is -2.12. The Balaban J connectivity index is 1.95. The average molecular weight is 241 g/mol. The maximum Gasteiger partial charge on any atom is 0.128 e. The molecular formula is C15H19N3. The summed E-state index contributed by atoms with van der Waals surface area (Å²) in [4.78, 5) is 6.36. The van der Waals surface area contributed by atoms with E-state index in [0.717, 1.165) is 18.1 Å². The highest BCUT2D eigenvalue weighted by atomic mass is 15.1. The second-order valence-electron chi connectivity index (χ2n) is 4.64. The summed E-state index contributed by atoms with van der Waals surface area (Å²) in [6.07, 6.45) is 1.86. The van der Waals surface area contributed by atoms with Crippen LogP contribution in [-0.4, -0.2) is 19.1 Å². The Bertz CT molecular complexity index is 486. The molecule has 0 saturated carbocycles. The summed E-state index contributed by atoms with van der Waals surface area (Å²) >= 11 is 0. The first-order chi connectivity index (χ1) is 8.65. The molecule has 1 N–H and O–H groups in total. The molecule has 0 unspecified atom stereocenters. The lowest BCUT2D eigenvalue weighted by molar-refractivity contribution is 1.06. The zero-order chi connectivity index (χ0) is 13.0. The fraction of sp³-hybridized carbons (Fsp3) is 0.267. The van der Waals surface area contributed by atoms with Crippen LogP contribution in [0.25, 0.3) is 0 Å². The van der Waals surface area contributed by atoms with Gasteiger partial charge in [-0.1, -0.05) is 29.8 Å². The van der Waals surface area contributed by atoms with Gasteiger partial charge in [-0.15, -0.1) is 0 Å². The van der Waals surface area contributed by atoms with Gasteiger partial charge in [0.05, 0.1) is 11.9 Å². The summed E-state index contributed by atoms with van der Waals surface area (Å²) < 4.78 is 0. The van der Waals surface area contributed by atoms with E-state index in [-0.39, 0.29) is 0 Å². The Kier molecular flexibility index (Phi) is 3.82. The molecule has 0 atom stereocenters. The van der Waals surface area contributed by atoms with Crippen LogP contribution in [0.15, 0.2) is 42.6 Å². The number of nitrogens with one attached hydrogen (secondary N) is 1. The van der Waals surface area contributed by atoms with E-state index in [1.54, 1.807) is 0 Å². The number of hydrogen-bond acceptors (Lipinski definition) is 3. The van der Waals surface area contributed by atoms with E-state index in [1.807, 2.05) is 31.3 Å².